The highest BCUT2D eigenvalue weighted by atomic mass is 16.5. The SMILES string of the molecule is CCC(=O)CCCOc1ccc2c(c1)CCCC2. The Balaban J connectivity index is 1.81. The highest BCUT2D eigenvalue weighted by Gasteiger charge is 2.09. The lowest BCUT2D eigenvalue weighted by atomic mass is 9.92. The molecular formula is C16H22O2. The van der Waals surface area contributed by atoms with Gasteiger partial charge in [-0.1, -0.05) is 13.0 Å². The van der Waals surface area contributed by atoms with Crippen molar-refractivity contribution < 1.29 is 9.53 Å². The smallest absolute Gasteiger partial charge is 0.132 e. The molecule has 0 atom stereocenters. The van der Waals surface area contributed by atoms with Gasteiger partial charge in [-0.15, -0.1) is 0 Å². The van der Waals surface area contributed by atoms with Crippen LogP contribution >= 0.6 is 0 Å². The molecule has 18 heavy (non-hydrogen) atoms. The van der Waals surface area contributed by atoms with E-state index in [1.54, 1.807) is 0 Å². The number of hydrogen-bond donors (Lipinski definition) is 0. The van der Waals surface area contributed by atoms with Crippen LogP contribution in [0.5, 0.6) is 5.75 Å². The van der Waals surface area contributed by atoms with Crippen LogP contribution in [0, 0.1) is 0 Å². The zero-order valence-electron chi connectivity index (χ0n) is 11.2. The first-order chi connectivity index (χ1) is 8.79. The Bertz CT molecular complexity index is 410. The van der Waals surface area contributed by atoms with Crippen molar-refractivity contribution in [2.24, 2.45) is 0 Å². The van der Waals surface area contributed by atoms with E-state index in [4.69, 9.17) is 4.74 Å². The van der Waals surface area contributed by atoms with E-state index in [0.717, 1.165) is 12.2 Å². The number of hydrogen-bond acceptors (Lipinski definition) is 2. The molecule has 0 aliphatic heterocycles. The van der Waals surface area contributed by atoms with E-state index in [9.17, 15) is 4.79 Å². The van der Waals surface area contributed by atoms with E-state index in [2.05, 4.69) is 18.2 Å². The van der Waals surface area contributed by atoms with Gasteiger partial charge < -0.3 is 4.74 Å². The Morgan fingerprint density at radius 3 is 2.78 bits per heavy atom. The molecule has 0 aromatic heterocycles. The Morgan fingerprint density at radius 1 is 1.22 bits per heavy atom. The summed E-state index contributed by atoms with van der Waals surface area (Å²) in [6.07, 6.45) is 7.10. The summed E-state index contributed by atoms with van der Waals surface area (Å²) in [5.41, 5.74) is 2.93. The molecular weight excluding hydrogens is 224 g/mol. The van der Waals surface area contributed by atoms with Crippen molar-refractivity contribution in [1.82, 2.24) is 0 Å². The van der Waals surface area contributed by atoms with Gasteiger partial charge in [0.2, 0.25) is 0 Å². The third-order valence-corrected chi connectivity index (χ3v) is 3.58. The van der Waals surface area contributed by atoms with Crippen LogP contribution in [-0.2, 0) is 17.6 Å². The maximum atomic E-state index is 11.2. The van der Waals surface area contributed by atoms with Crippen molar-refractivity contribution in [3.05, 3.63) is 29.3 Å². The first kappa shape index (κ1) is 13.1. The average Bonchev–Trinajstić information content (AvgIpc) is 2.43. The number of ketones is 1. The maximum absolute atomic E-state index is 11.2. The van der Waals surface area contributed by atoms with Crippen LogP contribution in [0.3, 0.4) is 0 Å². The van der Waals surface area contributed by atoms with Crippen LogP contribution in [0.2, 0.25) is 0 Å². The summed E-state index contributed by atoms with van der Waals surface area (Å²) in [5.74, 6) is 1.28. The Morgan fingerprint density at radius 2 is 2.00 bits per heavy atom. The monoisotopic (exact) mass is 246 g/mol. The Kier molecular flexibility index (Phi) is 4.80. The van der Waals surface area contributed by atoms with E-state index < -0.39 is 0 Å². The van der Waals surface area contributed by atoms with E-state index in [1.165, 1.54) is 36.8 Å². The maximum Gasteiger partial charge on any atom is 0.132 e. The summed E-state index contributed by atoms with van der Waals surface area (Å²) >= 11 is 0. The van der Waals surface area contributed by atoms with Crippen LogP contribution in [0.4, 0.5) is 0 Å². The fourth-order valence-electron chi connectivity index (χ4n) is 2.44. The minimum Gasteiger partial charge on any atom is -0.494 e. The van der Waals surface area contributed by atoms with Gasteiger partial charge in [0, 0.05) is 12.8 Å². The molecule has 1 aromatic carbocycles. The second-order valence-electron chi connectivity index (χ2n) is 4.98. The summed E-state index contributed by atoms with van der Waals surface area (Å²) < 4.78 is 5.71. The molecule has 1 aliphatic rings. The van der Waals surface area contributed by atoms with Crippen molar-refractivity contribution in [2.45, 2.75) is 51.9 Å². The molecule has 0 unspecified atom stereocenters. The molecule has 2 heteroatoms. The quantitative estimate of drug-likeness (QED) is 0.715. The third-order valence-electron chi connectivity index (χ3n) is 3.58. The first-order valence-corrected chi connectivity index (χ1v) is 7.06. The number of carbonyl (C=O) groups excluding carboxylic acids is 1. The molecule has 2 nitrogen and oxygen atoms in total. The van der Waals surface area contributed by atoms with Gasteiger partial charge >= 0.3 is 0 Å². The van der Waals surface area contributed by atoms with Crippen molar-refractivity contribution in [1.29, 1.82) is 0 Å². The number of Topliss-reactive ketones (excluding diaryl/α,β-unsaturated/α-hetero) is 1. The number of ether oxygens (including phenoxy) is 1. The summed E-state index contributed by atoms with van der Waals surface area (Å²) in [4.78, 5) is 11.2. The van der Waals surface area contributed by atoms with E-state index in [-0.39, 0.29) is 0 Å². The molecule has 0 radical (unpaired) electrons. The number of carbonyl (C=O) groups is 1. The van der Waals surface area contributed by atoms with Crippen molar-refractivity contribution in [3.63, 3.8) is 0 Å². The zero-order valence-corrected chi connectivity index (χ0v) is 11.2. The summed E-state index contributed by atoms with van der Waals surface area (Å²) in [6, 6.07) is 6.43. The van der Waals surface area contributed by atoms with E-state index in [1.807, 2.05) is 6.92 Å². The van der Waals surface area contributed by atoms with Crippen LogP contribution in [0.25, 0.3) is 0 Å². The highest BCUT2D eigenvalue weighted by molar-refractivity contribution is 5.77. The van der Waals surface area contributed by atoms with Gasteiger partial charge in [0.25, 0.3) is 0 Å². The number of benzene rings is 1. The predicted molar refractivity (Wildman–Crippen MR) is 73.1 cm³/mol. The molecule has 1 aromatic rings. The van der Waals surface area contributed by atoms with Crippen molar-refractivity contribution in [2.75, 3.05) is 6.61 Å². The van der Waals surface area contributed by atoms with Crippen molar-refractivity contribution in [3.8, 4) is 5.75 Å². The molecule has 1 aliphatic carbocycles. The van der Waals surface area contributed by atoms with Gasteiger partial charge in [0.15, 0.2) is 0 Å². The second-order valence-corrected chi connectivity index (χ2v) is 4.98. The van der Waals surface area contributed by atoms with Crippen LogP contribution in [-0.4, -0.2) is 12.4 Å². The lowest BCUT2D eigenvalue weighted by molar-refractivity contribution is -0.118. The molecule has 2 rings (SSSR count). The normalized spacial score (nSPS) is 14.1. The fourth-order valence-corrected chi connectivity index (χ4v) is 2.44. The van der Waals surface area contributed by atoms with Gasteiger partial charge in [0.05, 0.1) is 6.61 Å². The first-order valence-electron chi connectivity index (χ1n) is 7.06. The molecule has 0 N–H and O–H groups in total. The lowest BCUT2D eigenvalue weighted by Gasteiger charge is -2.16. The summed E-state index contributed by atoms with van der Waals surface area (Å²) in [5, 5.41) is 0. The molecule has 0 saturated heterocycles. The van der Waals surface area contributed by atoms with Gasteiger partial charge in [0.1, 0.15) is 11.5 Å². The fraction of sp³-hybridized carbons (Fsp3) is 0.562. The van der Waals surface area contributed by atoms with Crippen LogP contribution in [0.1, 0.15) is 50.2 Å². The minimum atomic E-state index is 0.323. The largest absolute Gasteiger partial charge is 0.494 e. The molecule has 0 amide bonds. The molecule has 0 heterocycles. The van der Waals surface area contributed by atoms with Crippen LogP contribution in [0.15, 0.2) is 18.2 Å². The number of fused-ring (bicyclic) bond motifs is 1. The highest BCUT2D eigenvalue weighted by Crippen LogP contribution is 2.25. The van der Waals surface area contributed by atoms with E-state index >= 15 is 0 Å². The summed E-state index contributed by atoms with van der Waals surface area (Å²) in [7, 11) is 0. The molecule has 0 saturated carbocycles. The number of aryl methyl sites for hydroxylation is 2. The minimum absolute atomic E-state index is 0.323. The lowest BCUT2D eigenvalue weighted by Crippen LogP contribution is -2.05. The molecule has 0 fully saturated rings. The summed E-state index contributed by atoms with van der Waals surface area (Å²) in [6.45, 7) is 2.55. The predicted octanol–water partition coefficient (Wildman–Crippen LogP) is 3.70. The van der Waals surface area contributed by atoms with Gasteiger partial charge in [-0.3, -0.25) is 4.79 Å². The van der Waals surface area contributed by atoms with Gasteiger partial charge in [-0.05, 0) is 55.4 Å². The zero-order chi connectivity index (χ0) is 12.8. The van der Waals surface area contributed by atoms with Gasteiger partial charge in [-0.25, -0.2) is 0 Å². The Labute approximate surface area is 109 Å². The van der Waals surface area contributed by atoms with Crippen LogP contribution < -0.4 is 4.74 Å². The van der Waals surface area contributed by atoms with E-state index in [0.29, 0.717) is 25.2 Å². The number of rotatable bonds is 6. The second kappa shape index (κ2) is 6.58. The topological polar surface area (TPSA) is 26.3 Å². The van der Waals surface area contributed by atoms with Crippen molar-refractivity contribution >= 4 is 5.78 Å². The molecule has 98 valence electrons. The standard InChI is InChI=1S/C16H22O2/c1-2-15(17)8-5-11-18-16-10-9-13-6-3-4-7-14(13)12-16/h9-10,12H,2-8,11H2,1H3. The molecule has 0 spiro atoms. The van der Waals surface area contributed by atoms with Gasteiger partial charge in [-0.2, -0.15) is 0 Å². The average molecular weight is 246 g/mol. The Hall–Kier alpha value is -1.31. The third kappa shape index (κ3) is 3.59. The molecule has 0 bridgehead atoms.